The van der Waals surface area contributed by atoms with Crippen molar-refractivity contribution < 1.29 is 54.8 Å². The van der Waals surface area contributed by atoms with Gasteiger partial charge in [-0.3, -0.25) is 4.79 Å². The first kappa shape index (κ1) is 28.4. The molecule has 0 amide bonds. The van der Waals surface area contributed by atoms with Crippen LogP contribution in [0.4, 0.5) is 0 Å². The zero-order valence-electron chi connectivity index (χ0n) is 22.2. The van der Waals surface area contributed by atoms with Gasteiger partial charge in [0.15, 0.2) is 12.4 Å². The van der Waals surface area contributed by atoms with E-state index < -0.39 is 53.7 Å². The number of carboxylic acids is 1. The molecule has 1 aliphatic heterocycles. The van der Waals surface area contributed by atoms with E-state index in [-0.39, 0.29) is 41.8 Å². The van der Waals surface area contributed by atoms with Gasteiger partial charge in [0.05, 0.1) is 0 Å². The SMILES string of the molecule is CC(=O)[C@H]1CC[C@H]2[C@@H]3CCC4CC(O)(OC5O[C@H](C(=O)O)[C@@H](O)[C@H](O)[C@H]5O)C(O)(O)C[C@]4(C)[C@H]3CC[C@]12C. The van der Waals surface area contributed by atoms with Crippen LogP contribution in [-0.4, -0.2) is 89.8 Å². The Morgan fingerprint density at radius 3 is 2.16 bits per heavy atom. The number of aliphatic hydroxyl groups is 6. The van der Waals surface area contributed by atoms with Crippen molar-refractivity contribution in [3.63, 3.8) is 0 Å². The molecule has 0 radical (unpaired) electrons. The van der Waals surface area contributed by atoms with Gasteiger partial charge in [-0.05, 0) is 80.0 Å². The van der Waals surface area contributed by atoms with Crippen LogP contribution in [0, 0.1) is 40.4 Å². The predicted octanol–water partition coefficient (Wildman–Crippen LogP) is 0.123. The first-order valence-electron chi connectivity index (χ1n) is 13.8. The maximum Gasteiger partial charge on any atom is 0.335 e. The Morgan fingerprint density at radius 2 is 1.53 bits per heavy atom. The van der Waals surface area contributed by atoms with E-state index in [9.17, 15) is 45.3 Å². The number of rotatable bonds is 4. The number of ketones is 1. The predicted molar refractivity (Wildman–Crippen MR) is 129 cm³/mol. The van der Waals surface area contributed by atoms with Crippen LogP contribution < -0.4 is 0 Å². The second kappa shape index (κ2) is 9.17. The van der Waals surface area contributed by atoms with Crippen LogP contribution in [0.15, 0.2) is 0 Å². The van der Waals surface area contributed by atoms with Gasteiger partial charge in [-0.15, -0.1) is 0 Å². The highest BCUT2D eigenvalue weighted by atomic mass is 16.8. The topological polar surface area (TPSA) is 194 Å². The Balaban J connectivity index is 1.38. The van der Waals surface area contributed by atoms with E-state index in [0.717, 1.165) is 32.1 Å². The molecule has 0 aromatic carbocycles. The van der Waals surface area contributed by atoms with Gasteiger partial charge in [0.2, 0.25) is 11.6 Å². The summed E-state index contributed by atoms with van der Waals surface area (Å²) >= 11 is 0. The standard InChI is InChI=1S/C27H42O11/c1-12(28)15-6-7-16-14-5-4-13-10-27(36,38-23-20(31)18(29)19(30)21(37-23)22(32)33)26(34,35)11-25(13,3)17(14)8-9-24(15,16)2/h13-21,23,29-31,34-36H,4-11H2,1-3H3,(H,32,33)/t13?,14-,15+,16-,17-,18-,19-,20+,21-,23?,24+,25-,27?/m0/s1. The van der Waals surface area contributed by atoms with Gasteiger partial charge >= 0.3 is 5.97 Å². The molecule has 0 aromatic rings. The van der Waals surface area contributed by atoms with E-state index in [0.29, 0.717) is 18.3 Å². The zero-order valence-corrected chi connectivity index (χ0v) is 22.2. The van der Waals surface area contributed by atoms with Gasteiger partial charge in [-0.25, -0.2) is 4.79 Å². The third-order valence-corrected chi connectivity index (χ3v) is 11.5. The van der Waals surface area contributed by atoms with E-state index in [1.54, 1.807) is 6.92 Å². The number of ether oxygens (including phenoxy) is 2. The Hall–Kier alpha value is -1.18. The van der Waals surface area contributed by atoms with Gasteiger partial charge in [-0.1, -0.05) is 13.8 Å². The maximum absolute atomic E-state index is 12.4. The van der Waals surface area contributed by atoms with Crippen LogP contribution in [0.2, 0.25) is 0 Å². The van der Waals surface area contributed by atoms with Crippen molar-refractivity contribution in [1.82, 2.24) is 0 Å². The molecule has 11 heteroatoms. The highest BCUT2D eigenvalue weighted by Crippen LogP contribution is 2.69. The molecule has 5 rings (SSSR count). The zero-order chi connectivity index (χ0) is 28.0. The Bertz CT molecular complexity index is 971. The minimum atomic E-state index is -2.76. The largest absolute Gasteiger partial charge is 0.479 e. The molecule has 0 aromatic heterocycles. The number of Topliss-reactive ketones (excluding diaryl/α,β-unsaturated/α-hetero) is 1. The van der Waals surface area contributed by atoms with E-state index in [4.69, 9.17) is 9.47 Å². The minimum absolute atomic E-state index is 0.0508. The Kier molecular flexibility index (Phi) is 6.84. The van der Waals surface area contributed by atoms with Crippen molar-refractivity contribution in [1.29, 1.82) is 0 Å². The summed E-state index contributed by atoms with van der Waals surface area (Å²) < 4.78 is 10.7. The number of carbonyl (C=O) groups is 2. The van der Waals surface area contributed by atoms with Gasteiger partial charge < -0.3 is 45.2 Å². The molecule has 0 spiro atoms. The number of carboxylic acid groups (broad SMARTS) is 1. The van der Waals surface area contributed by atoms with Crippen molar-refractivity contribution in [3.05, 3.63) is 0 Å². The molecule has 1 heterocycles. The van der Waals surface area contributed by atoms with E-state index >= 15 is 0 Å². The van der Waals surface area contributed by atoms with Crippen molar-refractivity contribution in [2.24, 2.45) is 40.4 Å². The number of fused-ring (bicyclic) bond motifs is 5. The molecule has 5 aliphatic rings. The molecule has 3 unspecified atom stereocenters. The van der Waals surface area contributed by atoms with E-state index in [2.05, 4.69) is 6.92 Å². The van der Waals surface area contributed by atoms with Crippen LogP contribution >= 0.6 is 0 Å². The van der Waals surface area contributed by atoms with Crippen LogP contribution in [0.1, 0.15) is 72.1 Å². The molecule has 0 bridgehead atoms. The molecular formula is C27H42O11. The highest BCUT2D eigenvalue weighted by Gasteiger charge is 2.68. The first-order valence-corrected chi connectivity index (χ1v) is 13.8. The minimum Gasteiger partial charge on any atom is -0.479 e. The summed E-state index contributed by atoms with van der Waals surface area (Å²) in [6.45, 7) is 5.95. The molecule has 38 heavy (non-hydrogen) atoms. The second-order valence-corrected chi connectivity index (χ2v) is 13.3. The smallest absolute Gasteiger partial charge is 0.335 e. The summed E-state index contributed by atoms with van der Waals surface area (Å²) in [6.07, 6.45) is -4.91. The third kappa shape index (κ3) is 4.00. The van der Waals surface area contributed by atoms with E-state index in [1.165, 1.54) is 0 Å². The number of hydrogen-bond donors (Lipinski definition) is 7. The lowest BCUT2D eigenvalue weighted by Gasteiger charge is -2.64. The number of aliphatic carboxylic acids is 1. The number of aliphatic hydroxyl groups excluding tert-OH is 3. The lowest BCUT2D eigenvalue weighted by atomic mass is 9.43. The van der Waals surface area contributed by atoms with Crippen LogP contribution in [0.25, 0.3) is 0 Å². The molecule has 4 aliphatic carbocycles. The Morgan fingerprint density at radius 1 is 0.868 bits per heavy atom. The quantitative estimate of drug-likeness (QED) is 0.188. The summed E-state index contributed by atoms with van der Waals surface area (Å²) in [5.74, 6) is -5.97. The fourth-order valence-electron chi connectivity index (χ4n) is 9.46. The fourth-order valence-corrected chi connectivity index (χ4v) is 9.46. The van der Waals surface area contributed by atoms with Crippen LogP contribution in [0.5, 0.6) is 0 Å². The van der Waals surface area contributed by atoms with Gasteiger partial charge in [0.25, 0.3) is 0 Å². The van der Waals surface area contributed by atoms with Crippen molar-refractivity contribution in [3.8, 4) is 0 Å². The monoisotopic (exact) mass is 542 g/mol. The van der Waals surface area contributed by atoms with Gasteiger partial charge in [0, 0.05) is 18.8 Å². The molecule has 216 valence electrons. The Labute approximate surface area is 221 Å². The molecule has 7 N–H and O–H groups in total. The first-order chi connectivity index (χ1) is 17.6. The number of hydrogen-bond acceptors (Lipinski definition) is 10. The van der Waals surface area contributed by atoms with Gasteiger partial charge in [-0.2, -0.15) is 0 Å². The lowest BCUT2D eigenvalue weighted by molar-refractivity contribution is -0.452. The second-order valence-electron chi connectivity index (χ2n) is 13.3. The fraction of sp³-hybridized carbons (Fsp3) is 0.926. The molecule has 5 fully saturated rings. The summed E-state index contributed by atoms with van der Waals surface area (Å²) in [6, 6.07) is 0. The summed E-state index contributed by atoms with van der Waals surface area (Å²) in [7, 11) is 0. The van der Waals surface area contributed by atoms with Crippen molar-refractivity contribution in [2.75, 3.05) is 0 Å². The van der Waals surface area contributed by atoms with Crippen LogP contribution in [0.3, 0.4) is 0 Å². The van der Waals surface area contributed by atoms with E-state index in [1.807, 2.05) is 6.92 Å². The van der Waals surface area contributed by atoms with Crippen molar-refractivity contribution >= 4 is 11.8 Å². The molecule has 4 saturated carbocycles. The normalized spacial score (nSPS) is 53.9. The summed E-state index contributed by atoms with van der Waals surface area (Å²) in [5, 5.41) is 73.7. The highest BCUT2D eigenvalue weighted by molar-refractivity contribution is 5.79. The van der Waals surface area contributed by atoms with Gasteiger partial charge in [0.1, 0.15) is 24.1 Å². The molecule has 11 nitrogen and oxygen atoms in total. The lowest BCUT2D eigenvalue weighted by Crippen LogP contribution is -2.70. The summed E-state index contributed by atoms with van der Waals surface area (Å²) in [5.41, 5.74) is -0.590. The average Bonchev–Trinajstić information content (AvgIpc) is 3.17. The molecule has 13 atom stereocenters. The maximum atomic E-state index is 12.4. The van der Waals surface area contributed by atoms with Crippen molar-refractivity contribution in [2.45, 2.75) is 114 Å². The third-order valence-electron chi connectivity index (χ3n) is 11.5. The summed E-state index contributed by atoms with van der Waals surface area (Å²) in [4.78, 5) is 23.9. The molecule has 1 saturated heterocycles. The number of carbonyl (C=O) groups excluding carboxylic acids is 1. The molecular weight excluding hydrogens is 500 g/mol. The van der Waals surface area contributed by atoms with Crippen LogP contribution in [-0.2, 0) is 19.1 Å². The average molecular weight is 543 g/mol.